The maximum Gasteiger partial charge on any atom is 0.0928 e. The quantitative estimate of drug-likeness (QED) is 0.410. The molecule has 0 aliphatic rings. The van der Waals surface area contributed by atoms with E-state index in [-0.39, 0.29) is 0 Å². The molecule has 0 saturated carbocycles. The minimum atomic E-state index is -1.82. The van der Waals surface area contributed by atoms with Crippen LogP contribution in [0.2, 0.25) is 0 Å². The van der Waals surface area contributed by atoms with Crippen LogP contribution in [0.1, 0.15) is 6.92 Å². The Bertz CT molecular complexity index is 117. The zero-order valence-electron chi connectivity index (χ0n) is 5.42. The van der Waals surface area contributed by atoms with Crippen LogP contribution in [-0.4, -0.2) is 62.2 Å². The Labute approximate surface area is 69.7 Å². The van der Waals surface area contributed by atoms with E-state index in [2.05, 4.69) is 30.7 Å². The fourth-order valence-electron chi connectivity index (χ4n) is 0.266. The summed E-state index contributed by atoms with van der Waals surface area (Å²) in [6.07, 6.45) is 0. The van der Waals surface area contributed by atoms with Crippen LogP contribution < -0.4 is 0 Å². The molecule has 6 heteroatoms. The van der Waals surface area contributed by atoms with Crippen molar-refractivity contribution in [3.63, 3.8) is 0 Å². The lowest BCUT2D eigenvalue weighted by molar-refractivity contribution is -0.0775. The molecule has 53 valence electrons. The van der Waals surface area contributed by atoms with Crippen LogP contribution in [0, 0.1) is 0 Å². The first kappa shape index (κ1) is 10.5. The highest BCUT2D eigenvalue weighted by Crippen LogP contribution is 2.17. The molecule has 0 aromatic heterocycles. The van der Waals surface area contributed by atoms with Crippen molar-refractivity contribution in [1.29, 1.82) is 0 Å². The van der Waals surface area contributed by atoms with Gasteiger partial charge in [0, 0.05) is 0 Å². The van der Waals surface area contributed by atoms with E-state index in [4.69, 9.17) is 10.2 Å². The van der Waals surface area contributed by atoms with Gasteiger partial charge < -0.3 is 15.3 Å². The van der Waals surface area contributed by atoms with Crippen molar-refractivity contribution in [2.24, 2.45) is 0 Å². The van der Waals surface area contributed by atoms with Gasteiger partial charge in [-0.2, -0.15) is 0 Å². The Morgan fingerprint density at radius 3 is 1.60 bits per heavy atom. The normalized spacial score (nSPS) is 26.7. The van der Waals surface area contributed by atoms with Gasteiger partial charge in [0.1, 0.15) is 0 Å². The smallest absolute Gasteiger partial charge is 0.0928 e. The maximum atomic E-state index is 9.24. The molecule has 0 aromatic rings. The van der Waals surface area contributed by atoms with Crippen molar-refractivity contribution in [1.82, 2.24) is 0 Å². The van der Waals surface area contributed by atoms with E-state index in [9.17, 15) is 5.11 Å². The van der Waals surface area contributed by atoms with Gasteiger partial charge >= 0.3 is 0 Å². The lowest BCUT2D eigenvalue weighted by Gasteiger charge is -2.37. The first-order valence-corrected chi connectivity index (χ1v) is 4.11. The van der Waals surface area contributed by atoms with Crippen molar-refractivity contribution >= 4 is 30.7 Å². The molecule has 0 spiro atoms. The van der Waals surface area contributed by atoms with Crippen LogP contribution in [0.5, 0.6) is 0 Å². The van der Waals surface area contributed by atoms with E-state index >= 15 is 0 Å². The maximum absolute atomic E-state index is 9.24. The van der Waals surface area contributed by atoms with Gasteiger partial charge in [0.2, 0.25) is 0 Å². The van der Waals surface area contributed by atoms with Gasteiger partial charge in [0.25, 0.3) is 0 Å². The minimum Gasteiger partial charge on any atom is -0.395 e. The second kappa shape index (κ2) is 2.88. The van der Waals surface area contributed by atoms with Gasteiger partial charge in [0.15, 0.2) is 0 Å². The Kier molecular flexibility index (Phi) is 3.03. The molecule has 0 fully saturated rings. The molecular formula is C4H7O3Si3. The van der Waals surface area contributed by atoms with Crippen molar-refractivity contribution in [2.45, 2.75) is 23.1 Å². The Morgan fingerprint density at radius 1 is 1.30 bits per heavy atom. The van der Waals surface area contributed by atoms with Crippen LogP contribution in [-0.2, 0) is 0 Å². The highest BCUT2D eigenvalue weighted by molar-refractivity contribution is 6.29. The second-order valence-electron chi connectivity index (χ2n) is 2.24. The van der Waals surface area contributed by atoms with Gasteiger partial charge in [-0.05, 0) is 6.92 Å². The zero-order chi connectivity index (χ0) is 8.58. The summed E-state index contributed by atoms with van der Waals surface area (Å²) in [6.45, 7) is 1.29. The van der Waals surface area contributed by atoms with Gasteiger partial charge in [-0.25, -0.2) is 0 Å². The highest BCUT2D eigenvalue weighted by atomic mass is 28.2. The Hall–Kier alpha value is 0.531. The molecule has 0 amide bonds. The lowest BCUT2D eigenvalue weighted by Crippen LogP contribution is -2.61. The summed E-state index contributed by atoms with van der Waals surface area (Å²) in [5.41, 5.74) is -1.27. The van der Waals surface area contributed by atoms with Crippen LogP contribution in [0.15, 0.2) is 0 Å². The molecule has 0 heterocycles. The van der Waals surface area contributed by atoms with Gasteiger partial charge in [-0.15, -0.1) is 0 Å². The van der Waals surface area contributed by atoms with Crippen LogP contribution in [0.25, 0.3) is 0 Å². The molecule has 0 saturated heterocycles. The average molecular weight is 187 g/mol. The number of hydrogen-bond donors (Lipinski definition) is 3. The predicted octanol–water partition coefficient (Wildman–Crippen LogP) is -2.79. The molecule has 3 N–H and O–H groups in total. The third-order valence-electron chi connectivity index (χ3n) is 1.14. The molecule has 10 heavy (non-hydrogen) atoms. The second-order valence-corrected chi connectivity index (χ2v) is 4.52. The van der Waals surface area contributed by atoms with Crippen molar-refractivity contribution in [3.05, 3.63) is 0 Å². The van der Waals surface area contributed by atoms with Gasteiger partial charge in [0.05, 0.1) is 46.9 Å². The highest BCUT2D eigenvalue weighted by Gasteiger charge is 2.41. The number of rotatable bonds is 2. The SMILES string of the molecule is CC(O)([Si])C(O)([Si])C(O)[Si]. The fourth-order valence-corrected chi connectivity index (χ4v) is 0.828. The summed E-state index contributed by atoms with van der Waals surface area (Å²) < 4.78 is 0. The third kappa shape index (κ3) is 2.01. The molecule has 3 unspecified atom stereocenters. The number of hydrogen-bond acceptors (Lipinski definition) is 3. The van der Waals surface area contributed by atoms with Gasteiger partial charge in [-0.3, -0.25) is 0 Å². The minimum absolute atomic E-state index is 1.27. The van der Waals surface area contributed by atoms with E-state index in [1.165, 1.54) is 6.92 Å². The molecule has 0 rings (SSSR count). The summed E-state index contributed by atoms with van der Waals surface area (Å²) in [6, 6.07) is 0. The monoisotopic (exact) mass is 187 g/mol. The van der Waals surface area contributed by atoms with E-state index in [1.54, 1.807) is 0 Å². The summed E-state index contributed by atoms with van der Waals surface area (Å²) in [5.74, 6) is 0. The molecule has 0 bridgehead atoms. The summed E-state index contributed by atoms with van der Waals surface area (Å²) in [5, 5.41) is 23.8. The number of aliphatic hydroxyl groups excluding tert-OH is 1. The van der Waals surface area contributed by atoms with Crippen molar-refractivity contribution in [3.8, 4) is 0 Å². The molecular weight excluding hydrogens is 180 g/mol. The molecule has 9 radical (unpaired) electrons. The van der Waals surface area contributed by atoms with E-state index in [0.29, 0.717) is 0 Å². The van der Waals surface area contributed by atoms with E-state index in [0.717, 1.165) is 0 Å². The largest absolute Gasteiger partial charge is 0.395 e. The fraction of sp³-hybridized carbons (Fsp3) is 1.00. The van der Waals surface area contributed by atoms with Crippen molar-refractivity contribution < 1.29 is 15.3 Å². The average Bonchev–Trinajstić information content (AvgIpc) is 1.62. The van der Waals surface area contributed by atoms with Crippen LogP contribution in [0.3, 0.4) is 0 Å². The number of aliphatic hydroxyl groups is 3. The van der Waals surface area contributed by atoms with E-state index in [1.807, 2.05) is 0 Å². The molecule has 0 aromatic carbocycles. The third-order valence-corrected chi connectivity index (χ3v) is 3.24. The first-order chi connectivity index (χ1) is 4.19. The molecule has 0 aliphatic heterocycles. The Balaban J connectivity index is 4.40. The topological polar surface area (TPSA) is 60.7 Å². The standard InChI is InChI=1S/C4H7O3Si3/c1-3(6,9)4(7,10)2(5)8/h2,5-7H,1H3. The molecule has 3 atom stereocenters. The summed E-state index contributed by atoms with van der Waals surface area (Å²) in [7, 11) is 8.34. The van der Waals surface area contributed by atoms with Crippen LogP contribution >= 0.6 is 0 Å². The first-order valence-electron chi connectivity index (χ1n) is 2.53. The lowest BCUT2D eigenvalue weighted by atomic mass is 10.2. The zero-order valence-corrected chi connectivity index (χ0v) is 8.42. The van der Waals surface area contributed by atoms with Crippen LogP contribution in [0.4, 0.5) is 0 Å². The Morgan fingerprint density at radius 2 is 1.60 bits per heavy atom. The summed E-state index contributed by atoms with van der Waals surface area (Å²) >= 11 is 0. The summed E-state index contributed by atoms with van der Waals surface area (Å²) in [4.78, 5) is 0. The van der Waals surface area contributed by atoms with E-state index < -0.39 is 16.2 Å². The molecule has 0 aliphatic carbocycles. The van der Waals surface area contributed by atoms with Crippen molar-refractivity contribution in [2.75, 3.05) is 0 Å². The molecule has 3 nitrogen and oxygen atoms in total. The van der Waals surface area contributed by atoms with Gasteiger partial charge in [-0.1, -0.05) is 0 Å². The predicted molar refractivity (Wildman–Crippen MR) is 38.8 cm³/mol.